The Morgan fingerprint density at radius 2 is 1.78 bits per heavy atom. The lowest BCUT2D eigenvalue weighted by Crippen LogP contribution is -2.37. The number of aryl methyl sites for hydroxylation is 1. The highest BCUT2D eigenvalue weighted by Crippen LogP contribution is 2.22. The first-order valence-corrected chi connectivity index (χ1v) is 7.99. The van der Waals surface area contributed by atoms with Crippen LogP contribution in [0.15, 0.2) is 36.4 Å². The molecular weight excluding hydrogens is 290 g/mol. The molecule has 5 nitrogen and oxygen atoms in total. The molecule has 0 unspecified atom stereocenters. The van der Waals surface area contributed by atoms with E-state index in [9.17, 15) is 4.79 Å². The summed E-state index contributed by atoms with van der Waals surface area (Å²) in [5.74, 6) is 1.90. The Kier molecular flexibility index (Phi) is 4.55. The molecule has 1 aliphatic heterocycles. The van der Waals surface area contributed by atoms with Gasteiger partial charge in [-0.2, -0.15) is 5.10 Å². The number of hydrogen-bond donors (Lipinski definition) is 0. The summed E-state index contributed by atoms with van der Waals surface area (Å²) in [5.41, 5.74) is 1.54. The first kappa shape index (κ1) is 15.5. The van der Waals surface area contributed by atoms with Gasteiger partial charge >= 0.3 is 0 Å². The van der Waals surface area contributed by atoms with Gasteiger partial charge in [-0.1, -0.05) is 6.92 Å². The zero-order chi connectivity index (χ0) is 16.2. The first-order chi connectivity index (χ1) is 11.1. The third-order valence-corrected chi connectivity index (χ3v) is 4.17. The molecule has 5 heteroatoms. The van der Waals surface area contributed by atoms with Gasteiger partial charge in [0.1, 0.15) is 5.75 Å². The van der Waals surface area contributed by atoms with Crippen molar-refractivity contribution >= 4 is 5.91 Å². The van der Waals surface area contributed by atoms with E-state index in [0.29, 0.717) is 23.1 Å². The van der Waals surface area contributed by atoms with E-state index in [4.69, 9.17) is 4.74 Å². The van der Waals surface area contributed by atoms with Crippen LogP contribution in [0.1, 0.15) is 35.8 Å². The number of carbonyl (C=O) groups is 1. The SMILES string of the molecule is Cc1ccc(Oc2ccc(C(=O)N3CCC(C)CC3)cc2)nn1. The normalized spacial score (nSPS) is 15.5. The van der Waals surface area contributed by atoms with E-state index in [-0.39, 0.29) is 5.91 Å². The Balaban J connectivity index is 1.64. The quantitative estimate of drug-likeness (QED) is 0.871. The third-order valence-electron chi connectivity index (χ3n) is 4.17. The van der Waals surface area contributed by atoms with Crippen LogP contribution in [0.25, 0.3) is 0 Å². The van der Waals surface area contributed by atoms with E-state index < -0.39 is 0 Å². The Morgan fingerprint density at radius 3 is 2.39 bits per heavy atom. The second-order valence-corrected chi connectivity index (χ2v) is 6.11. The molecule has 0 bridgehead atoms. The summed E-state index contributed by atoms with van der Waals surface area (Å²) in [6.07, 6.45) is 2.16. The summed E-state index contributed by atoms with van der Waals surface area (Å²) in [5, 5.41) is 7.92. The molecule has 1 aliphatic rings. The molecule has 0 aliphatic carbocycles. The number of ether oxygens (including phenoxy) is 1. The summed E-state index contributed by atoms with van der Waals surface area (Å²) in [4.78, 5) is 14.4. The van der Waals surface area contributed by atoms with Crippen LogP contribution in [-0.2, 0) is 0 Å². The number of likely N-dealkylation sites (tertiary alicyclic amines) is 1. The molecule has 2 heterocycles. The van der Waals surface area contributed by atoms with Crippen LogP contribution < -0.4 is 4.74 Å². The van der Waals surface area contributed by atoms with Crippen molar-refractivity contribution in [3.63, 3.8) is 0 Å². The van der Waals surface area contributed by atoms with E-state index in [2.05, 4.69) is 17.1 Å². The third kappa shape index (κ3) is 3.86. The van der Waals surface area contributed by atoms with Crippen LogP contribution in [0.3, 0.4) is 0 Å². The van der Waals surface area contributed by atoms with Gasteiger partial charge in [0.15, 0.2) is 0 Å². The summed E-state index contributed by atoms with van der Waals surface area (Å²) in [7, 11) is 0. The highest BCUT2D eigenvalue weighted by Gasteiger charge is 2.21. The minimum absolute atomic E-state index is 0.0959. The highest BCUT2D eigenvalue weighted by molar-refractivity contribution is 5.94. The average Bonchev–Trinajstić information content (AvgIpc) is 2.58. The second-order valence-electron chi connectivity index (χ2n) is 6.11. The standard InChI is InChI=1S/C18H21N3O2/c1-13-9-11-21(12-10-13)18(22)15-4-6-16(7-5-15)23-17-8-3-14(2)19-20-17/h3-8,13H,9-12H2,1-2H3. The number of aromatic nitrogens is 2. The number of rotatable bonds is 3. The van der Waals surface area contributed by atoms with Crippen molar-refractivity contribution < 1.29 is 9.53 Å². The fourth-order valence-corrected chi connectivity index (χ4v) is 2.62. The van der Waals surface area contributed by atoms with E-state index in [1.807, 2.05) is 17.9 Å². The summed E-state index contributed by atoms with van der Waals surface area (Å²) >= 11 is 0. The largest absolute Gasteiger partial charge is 0.438 e. The van der Waals surface area contributed by atoms with Gasteiger partial charge in [-0.15, -0.1) is 5.10 Å². The van der Waals surface area contributed by atoms with Crippen molar-refractivity contribution in [1.29, 1.82) is 0 Å². The van der Waals surface area contributed by atoms with Gasteiger partial charge in [0.25, 0.3) is 5.91 Å². The summed E-state index contributed by atoms with van der Waals surface area (Å²) in [6, 6.07) is 10.8. The lowest BCUT2D eigenvalue weighted by atomic mass is 9.98. The predicted molar refractivity (Wildman–Crippen MR) is 87.6 cm³/mol. The Labute approximate surface area is 136 Å². The zero-order valence-electron chi connectivity index (χ0n) is 13.5. The van der Waals surface area contributed by atoms with E-state index >= 15 is 0 Å². The minimum atomic E-state index is 0.0959. The maximum absolute atomic E-state index is 12.5. The number of carbonyl (C=O) groups excluding carboxylic acids is 1. The van der Waals surface area contributed by atoms with E-state index in [1.54, 1.807) is 30.3 Å². The minimum Gasteiger partial charge on any atom is -0.438 e. The van der Waals surface area contributed by atoms with Crippen LogP contribution in [0, 0.1) is 12.8 Å². The van der Waals surface area contributed by atoms with Crippen LogP contribution in [0.4, 0.5) is 0 Å². The van der Waals surface area contributed by atoms with Crippen LogP contribution >= 0.6 is 0 Å². The molecule has 0 atom stereocenters. The molecule has 1 fully saturated rings. The molecule has 1 saturated heterocycles. The smallest absolute Gasteiger partial charge is 0.253 e. The Hall–Kier alpha value is -2.43. The first-order valence-electron chi connectivity index (χ1n) is 7.99. The topological polar surface area (TPSA) is 55.3 Å². The fourth-order valence-electron chi connectivity index (χ4n) is 2.62. The van der Waals surface area contributed by atoms with Gasteiger partial charge in [-0.25, -0.2) is 0 Å². The molecule has 3 rings (SSSR count). The van der Waals surface area contributed by atoms with Crippen molar-refractivity contribution in [2.24, 2.45) is 5.92 Å². The zero-order valence-corrected chi connectivity index (χ0v) is 13.5. The maximum Gasteiger partial charge on any atom is 0.253 e. The number of piperidine rings is 1. The van der Waals surface area contributed by atoms with Gasteiger partial charge in [-0.05, 0) is 56.0 Å². The van der Waals surface area contributed by atoms with Crippen molar-refractivity contribution in [1.82, 2.24) is 15.1 Å². The van der Waals surface area contributed by atoms with Crippen molar-refractivity contribution in [3.05, 3.63) is 47.7 Å². The lowest BCUT2D eigenvalue weighted by Gasteiger charge is -2.30. The molecule has 0 N–H and O–H groups in total. The fraction of sp³-hybridized carbons (Fsp3) is 0.389. The molecule has 1 aromatic carbocycles. The van der Waals surface area contributed by atoms with Gasteiger partial charge in [0, 0.05) is 24.7 Å². The molecular formula is C18H21N3O2. The lowest BCUT2D eigenvalue weighted by molar-refractivity contribution is 0.0697. The highest BCUT2D eigenvalue weighted by atomic mass is 16.5. The molecule has 0 spiro atoms. The Bertz CT molecular complexity index is 660. The van der Waals surface area contributed by atoms with Gasteiger partial charge < -0.3 is 9.64 Å². The predicted octanol–water partition coefficient (Wildman–Crippen LogP) is 3.45. The number of hydrogen-bond acceptors (Lipinski definition) is 4. The average molecular weight is 311 g/mol. The number of nitrogens with zero attached hydrogens (tertiary/aromatic N) is 3. The number of amides is 1. The summed E-state index contributed by atoms with van der Waals surface area (Å²) in [6.45, 7) is 5.80. The molecule has 120 valence electrons. The van der Waals surface area contributed by atoms with E-state index in [1.165, 1.54) is 0 Å². The van der Waals surface area contributed by atoms with Gasteiger partial charge in [0.2, 0.25) is 5.88 Å². The summed E-state index contributed by atoms with van der Waals surface area (Å²) < 4.78 is 5.63. The second kappa shape index (κ2) is 6.77. The molecule has 1 amide bonds. The van der Waals surface area contributed by atoms with Crippen molar-refractivity contribution in [2.75, 3.05) is 13.1 Å². The van der Waals surface area contributed by atoms with Crippen LogP contribution in [0.5, 0.6) is 11.6 Å². The molecule has 2 aromatic rings. The maximum atomic E-state index is 12.5. The van der Waals surface area contributed by atoms with Crippen molar-refractivity contribution in [3.8, 4) is 11.6 Å². The molecule has 0 radical (unpaired) electrons. The number of benzene rings is 1. The molecule has 1 aromatic heterocycles. The molecule has 0 saturated carbocycles. The monoisotopic (exact) mass is 311 g/mol. The van der Waals surface area contributed by atoms with E-state index in [0.717, 1.165) is 31.6 Å². The van der Waals surface area contributed by atoms with Gasteiger partial charge in [0.05, 0.1) is 5.69 Å². The van der Waals surface area contributed by atoms with Crippen molar-refractivity contribution in [2.45, 2.75) is 26.7 Å². The van der Waals surface area contributed by atoms with Gasteiger partial charge in [-0.3, -0.25) is 4.79 Å². The molecule has 23 heavy (non-hydrogen) atoms. The Morgan fingerprint density at radius 1 is 1.09 bits per heavy atom. The van der Waals surface area contributed by atoms with Crippen LogP contribution in [0.2, 0.25) is 0 Å². The van der Waals surface area contributed by atoms with Crippen LogP contribution in [-0.4, -0.2) is 34.1 Å².